The van der Waals surface area contributed by atoms with Crippen molar-refractivity contribution in [3.63, 3.8) is 0 Å². The zero-order valence-corrected chi connectivity index (χ0v) is 11.4. The number of aliphatic hydroxyl groups excluding tert-OH is 1. The molecule has 0 saturated carbocycles. The highest BCUT2D eigenvalue weighted by Gasteiger charge is 2.13. The van der Waals surface area contributed by atoms with Gasteiger partial charge in [0.25, 0.3) is 0 Å². The molecule has 6 heteroatoms. The summed E-state index contributed by atoms with van der Waals surface area (Å²) >= 11 is 17.8. The maximum absolute atomic E-state index is 9.84. The smallest absolute Gasteiger partial charge is 0.134 e. The molecule has 3 nitrogen and oxygen atoms in total. The summed E-state index contributed by atoms with van der Waals surface area (Å²) in [6.45, 7) is 0.231. The van der Waals surface area contributed by atoms with Crippen molar-refractivity contribution >= 4 is 40.5 Å². The summed E-state index contributed by atoms with van der Waals surface area (Å²) in [6.07, 6.45) is 0.726. The van der Waals surface area contributed by atoms with Crippen molar-refractivity contribution in [2.24, 2.45) is 0 Å². The fourth-order valence-electron chi connectivity index (χ4n) is 1.49. The molecule has 0 bridgehead atoms. The van der Waals surface area contributed by atoms with Crippen molar-refractivity contribution in [3.8, 4) is 0 Å². The van der Waals surface area contributed by atoms with E-state index in [4.69, 9.17) is 39.2 Å². The van der Waals surface area contributed by atoms with E-state index in [9.17, 15) is 5.11 Å². The molecule has 2 N–H and O–H groups in total. The van der Waals surface area contributed by atoms with Gasteiger partial charge in [0.05, 0.1) is 22.0 Å². The highest BCUT2D eigenvalue weighted by atomic mass is 35.5. The number of furan rings is 1. The second-order valence-corrected chi connectivity index (χ2v) is 4.91. The van der Waals surface area contributed by atoms with Crippen molar-refractivity contribution in [1.82, 2.24) is 0 Å². The SMILES string of the molecule is OC(CNc1c(Cl)cc(Cl)cc1Cl)c1ccco1. The molecule has 0 aliphatic heterocycles. The van der Waals surface area contributed by atoms with Gasteiger partial charge in [-0.05, 0) is 24.3 Å². The average molecular weight is 307 g/mol. The maximum atomic E-state index is 9.84. The molecule has 1 atom stereocenters. The number of nitrogens with one attached hydrogen (secondary N) is 1. The summed E-state index contributed by atoms with van der Waals surface area (Å²) < 4.78 is 5.09. The fourth-order valence-corrected chi connectivity index (χ4v) is 2.44. The third-order valence-electron chi connectivity index (χ3n) is 2.35. The van der Waals surface area contributed by atoms with E-state index in [1.807, 2.05) is 0 Å². The van der Waals surface area contributed by atoms with Crippen LogP contribution in [-0.2, 0) is 0 Å². The van der Waals surface area contributed by atoms with Crippen LogP contribution >= 0.6 is 34.8 Å². The van der Waals surface area contributed by atoms with Gasteiger partial charge >= 0.3 is 0 Å². The zero-order chi connectivity index (χ0) is 13.1. The summed E-state index contributed by atoms with van der Waals surface area (Å²) in [5.41, 5.74) is 0.535. The second-order valence-electron chi connectivity index (χ2n) is 3.66. The lowest BCUT2D eigenvalue weighted by atomic mass is 10.2. The molecule has 0 radical (unpaired) electrons. The molecule has 0 aliphatic carbocycles. The molecule has 0 saturated heterocycles. The van der Waals surface area contributed by atoms with Crippen LogP contribution in [0.5, 0.6) is 0 Å². The van der Waals surface area contributed by atoms with Crippen LogP contribution in [0.15, 0.2) is 34.9 Å². The minimum Gasteiger partial charge on any atom is -0.467 e. The Labute approximate surface area is 119 Å². The number of hydrogen-bond donors (Lipinski definition) is 2. The Hall–Kier alpha value is -0.870. The second kappa shape index (κ2) is 5.85. The minimum absolute atomic E-state index is 0.231. The zero-order valence-electron chi connectivity index (χ0n) is 9.16. The average Bonchev–Trinajstić information content (AvgIpc) is 2.80. The molecule has 1 unspecified atom stereocenters. The molecule has 0 aliphatic rings. The largest absolute Gasteiger partial charge is 0.467 e. The van der Waals surface area contributed by atoms with Gasteiger partial charge in [-0.2, -0.15) is 0 Å². The van der Waals surface area contributed by atoms with E-state index in [0.717, 1.165) is 0 Å². The van der Waals surface area contributed by atoms with Gasteiger partial charge in [-0.15, -0.1) is 0 Å². The van der Waals surface area contributed by atoms with E-state index in [0.29, 0.717) is 26.5 Å². The third kappa shape index (κ3) is 3.12. The molecule has 1 heterocycles. The van der Waals surface area contributed by atoms with Crippen molar-refractivity contribution in [3.05, 3.63) is 51.4 Å². The van der Waals surface area contributed by atoms with Gasteiger partial charge in [0, 0.05) is 11.6 Å². The number of hydrogen-bond acceptors (Lipinski definition) is 3. The van der Waals surface area contributed by atoms with Crippen LogP contribution in [0.3, 0.4) is 0 Å². The number of rotatable bonds is 4. The molecule has 18 heavy (non-hydrogen) atoms. The van der Waals surface area contributed by atoms with Gasteiger partial charge in [-0.25, -0.2) is 0 Å². The van der Waals surface area contributed by atoms with Gasteiger partial charge in [-0.1, -0.05) is 34.8 Å². The molecule has 2 rings (SSSR count). The van der Waals surface area contributed by atoms with Gasteiger partial charge in [0.2, 0.25) is 0 Å². The van der Waals surface area contributed by atoms with Crippen LogP contribution in [-0.4, -0.2) is 11.7 Å². The summed E-state index contributed by atoms with van der Waals surface area (Å²) in [7, 11) is 0. The van der Waals surface area contributed by atoms with Gasteiger partial charge in [0.15, 0.2) is 0 Å². The Morgan fingerprint density at radius 2 is 1.89 bits per heavy atom. The quantitative estimate of drug-likeness (QED) is 0.881. The first-order chi connectivity index (χ1) is 8.58. The Morgan fingerprint density at radius 1 is 1.22 bits per heavy atom. The Morgan fingerprint density at radius 3 is 2.44 bits per heavy atom. The summed E-state index contributed by atoms with van der Waals surface area (Å²) in [5.74, 6) is 0.476. The van der Waals surface area contributed by atoms with Crippen LogP contribution in [0.1, 0.15) is 11.9 Å². The Bertz CT molecular complexity index is 505. The summed E-state index contributed by atoms with van der Waals surface area (Å²) in [6, 6.07) is 6.56. The lowest BCUT2D eigenvalue weighted by molar-refractivity contribution is 0.162. The summed E-state index contributed by atoms with van der Waals surface area (Å²) in [5, 5.41) is 14.1. The topological polar surface area (TPSA) is 45.4 Å². The number of halogens is 3. The van der Waals surface area contributed by atoms with Crippen molar-refractivity contribution in [2.75, 3.05) is 11.9 Å². The van der Waals surface area contributed by atoms with E-state index >= 15 is 0 Å². The monoisotopic (exact) mass is 305 g/mol. The first kappa shape index (κ1) is 13.6. The molecule has 0 fully saturated rings. The van der Waals surface area contributed by atoms with Crippen LogP contribution < -0.4 is 5.32 Å². The number of benzene rings is 1. The highest BCUT2D eigenvalue weighted by molar-refractivity contribution is 6.41. The van der Waals surface area contributed by atoms with E-state index in [2.05, 4.69) is 5.32 Å². The number of anilines is 1. The Balaban J connectivity index is 2.07. The molecular formula is C12H10Cl3NO2. The lowest BCUT2D eigenvalue weighted by Crippen LogP contribution is -2.12. The molecule has 96 valence electrons. The van der Waals surface area contributed by atoms with Gasteiger partial charge in [0.1, 0.15) is 11.9 Å². The van der Waals surface area contributed by atoms with Crippen molar-refractivity contribution < 1.29 is 9.52 Å². The molecular weight excluding hydrogens is 296 g/mol. The van der Waals surface area contributed by atoms with E-state index < -0.39 is 6.10 Å². The van der Waals surface area contributed by atoms with E-state index in [1.54, 1.807) is 24.3 Å². The predicted molar refractivity (Wildman–Crippen MR) is 73.6 cm³/mol. The Kier molecular flexibility index (Phi) is 4.40. The minimum atomic E-state index is -0.775. The van der Waals surface area contributed by atoms with Crippen LogP contribution in [0.4, 0.5) is 5.69 Å². The fraction of sp³-hybridized carbons (Fsp3) is 0.167. The molecule has 1 aromatic heterocycles. The first-order valence-corrected chi connectivity index (χ1v) is 6.31. The first-order valence-electron chi connectivity index (χ1n) is 5.18. The highest BCUT2D eigenvalue weighted by Crippen LogP contribution is 2.34. The normalized spacial score (nSPS) is 12.4. The predicted octanol–water partition coefficient (Wildman–Crippen LogP) is 4.39. The van der Waals surface area contributed by atoms with Gasteiger partial charge < -0.3 is 14.8 Å². The van der Waals surface area contributed by atoms with E-state index in [-0.39, 0.29) is 6.54 Å². The van der Waals surface area contributed by atoms with Crippen LogP contribution in [0, 0.1) is 0 Å². The van der Waals surface area contributed by atoms with Crippen molar-refractivity contribution in [1.29, 1.82) is 0 Å². The van der Waals surface area contributed by atoms with Crippen LogP contribution in [0.2, 0.25) is 15.1 Å². The molecule has 1 aromatic carbocycles. The van der Waals surface area contributed by atoms with Crippen molar-refractivity contribution in [2.45, 2.75) is 6.10 Å². The van der Waals surface area contributed by atoms with Crippen LogP contribution in [0.25, 0.3) is 0 Å². The number of aliphatic hydroxyl groups is 1. The molecule has 0 spiro atoms. The third-order valence-corrected chi connectivity index (χ3v) is 3.17. The molecule has 2 aromatic rings. The molecule has 0 amide bonds. The lowest BCUT2D eigenvalue weighted by Gasteiger charge is -2.13. The summed E-state index contributed by atoms with van der Waals surface area (Å²) in [4.78, 5) is 0. The standard InChI is InChI=1S/C12H10Cl3NO2/c13-7-4-8(14)12(9(15)5-7)16-6-10(17)11-2-1-3-18-11/h1-5,10,16-17H,6H2. The maximum Gasteiger partial charge on any atom is 0.134 e. The van der Waals surface area contributed by atoms with Gasteiger partial charge in [-0.3, -0.25) is 0 Å². The van der Waals surface area contributed by atoms with E-state index in [1.165, 1.54) is 6.26 Å².